The first kappa shape index (κ1) is 21.0. The zero-order chi connectivity index (χ0) is 21.4. The van der Waals surface area contributed by atoms with Crippen LogP contribution in [0.15, 0.2) is 66.7 Å². The van der Waals surface area contributed by atoms with E-state index >= 15 is 0 Å². The maximum atomic E-state index is 6.51. The summed E-state index contributed by atoms with van der Waals surface area (Å²) in [7, 11) is 1.42. The highest BCUT2D eigenvalue weighted by Crippen LogP contribution is 2.43. The van der Waals surface area contributed by atoms with Crippen LogP contribution >= 0.6 is 0 Å². The minimum atomic E-state index is -0.347. The van der Waals surface area contributed by atoms with Crippen LogP contribution in [-0.4, -0.2) is 25.4 Å². The van der Waals surface area contributed by atoms with Gasteiger partial charge >= 0.3 is 7.12 Å². The number of hydrogen-bond donors (Lipinski definition) is 0. The lowest BCUT2D eigenvalue weighted by molar-refractivity contribution is 0.00578. The molecule has 3 aromatic rings. The summed E-state index contributed by atoms with van der Waals surface area (Å²) >= 11 is 0. The van der Waals surface area contributed by atoms with Gasteiger partial charge in [0.25, 0.3) is 0 Å². The van der Waals surface area contributed by atoms with Gasteiger partial charge in [-0.25, -0.2) is 0 Å². The fraction of sp³-hybridized carbons (Fsp3) is 0.385. The maximum Gasteiger partial charge on any atom is 0.465 e. The van der Waals surface area contributed by atoms with Crippen molar-refractivity contribution in [3.8, 4) is 5.75 Å². The summed E-state index contributed by atoms with van der Waals surface area (Å²) < 4.78 is 18.3. The van der Waals surface area contributed by atoms with E-state index < -0.39 is 0 Å². The summed E-state index contributed by atoms with van der Waals surface area (Å²) in [5.74, 6) is 1.02. The summed E-state index contributed by atoms with van der Waals surface area (Å²) in [6.07, 6.45) is 1.89. The largest absolute Gasteiger partial charge is 0.497 e. The number of hydrogen-bond acceptors (Lipinski definition) is 3. The second kappa shape index (κ2) is 8.09. The molecule has 1 aliphatic rings. The van der Waals surface area contributed by atoms with Crippen LogP contribution in [-0.2, 0) is 15.7 Å². The average molecular weight is 402 g/mol. The molecule has 0 N–H and O–H groups in total. The minimum Gasteiger partial charge on any atom is -0.497 e. The Morgan fingerprint density at radius 2 is 1.47 bits per heavy atom. The van der Waals surface area contributed by atoms with Gasteiger partial charge in [-0.1, -0.05) is 54.6 Å². The standard InChI is InChI=1S/C26H31BO3/c1-25(2)26(3,4)30-27(29-25)24(18-15-19-13-16-21(28-5)17-14-19)23-12-8-10-20-9-6-7-11-22(20)23/h6-14,16-17,24H,15,18H2,1-5H3/t24-/m1/s1. The second-order valence-electron chi connectivity index (χ2n) is 9.19. The van der Waals surface area contributed by atoms with Gasteiger partial charge in [-0.2, -0.15) is 0 Å². The van der Waals surface area contributed by atoms with E-state index in [1.807, 2.05) is 12.1 Å². The lowest BCUT2D eigenvalue weighted by Crippen LogP contribution is -2.41. The van der Waals surface area contributed by atoms with Gasteiger partial charge in [-0.15, -0.1) is 0 Å². The van der Waals surface area contributed by atoms with E-state index in [2.05, 4.69) is 82.3 Å². The summed E-state index contributed by atoms with van der Waals surface area (Å²) in [4.78, 5) is 0. The smallest absolute Gasteiger partial charge is 0.465 e. The van der Waals surface area contributed by atoms with Crippen LogP contribution in [0.4, 0.5) is 0 Å². The summed E-state index contributed by atoms with van der Waals surface area (Å²) in [5, 5.41) is 2.52. The Kier molecular flexibility index (Phi) is 5.65. The van der Waals surface area contributed by atoms with E-state index in [9.17, 15) is 0 Å². The maximum absolute atomic E-state index is 6.51. The Labute approximate surface area is 180 Å². The van der Waals surface area contributed by atoms with Crippen molar-refractivity contribution in [3.05, 3.63) is 77.9 Å². The van der Waals surface area contributed by atoms with Gasteiger partial charge < -0.3 is 14.0 Å². The van der Waals surface area contributed by atoms with Crippen molar-refractivity contribution in [2.24, 2.45) is 0 Å². The van der Waals surface area contributed by atoms with E-state index in [1.165, 1.54) is 21.9 Å². The van der Waals surface area contributed by atoms with E-state index in [1.54, 1.807) is 7.11 Å². The Balaban J connectivity index is 1.68. The third-order valence-electron chi connectivity index (χ3n) is 6.73. The van der Waals surface area contributed by atoms with Crippen molar-refractivity contribution >= 4 is 17.9 Å². The fourth-order valence-electron chi connectivity index (χ4n) is 4.18. The van der Waals surface area contributed by atoms with Gasteiger partial charge in [0.1, 0.15) is 5.75 Å². The fourth-order valence-corrected chi connectivity index (χ4v) is 4.18. The third kappa shape index (κ3) is 3.99. The Morgan fingerprint density at radius 1 is 0.833 bits per heavy atom. The molecule has 1 saturated heterocycles. The van der Waals surface area contributed by atoms with Crippen molar-refractivity contribution in [1.29, 1.82) is 0 Å². The van der Waals surface area contributed by atoms with E-state index in [-0.39, 0.29) is 24.1 Å². The molecule has 0 radical (unpaired) electrons. The molecule has 4 heteroatoms. The zero-order valence-corrected chi connectivity index (χ0v) is 18.6. The van der Waals surface area contributed by atoms with Crippen molar-refractivity contribution < 1.29 is 14.0 Å². The molecule has 1 aliphatic heterocycles. The SMILES string of the molecule is COc1ccc(CC[C@@H](B2OC(C)(C)C(C)(C)O2)c2cccc3ccccc23)cc1. The number of ether oxygens (including phenoxy) is 1. The number of benzene rings is 3. The highest BCUT2D eigenvalue weighted by molar-refractivity contribution is 6.48. The first-order chi connectivity index (χ1) is 14.3. The molecule has 0 bridgehead atoms. The minimum absolute atomic E-state index is 0.138. The van der Waals surface area contributed by atoms with Gasteiger partial charge in [-0.3, -0.25) is 0 Å². The predicted molar refractivity (Wildman–Crippen MR) is 124 cm³/mol. The average Bonchev–Trinajstić information content (AvgIpc) is 2.95. The van der Waals surface area contributed by atoms with Crippen molar-refractivity contribution in [3.63, 3.8) is 0 Å². The molecule has 1 fully saturated rings. The van der Waals surface area contributed by atoms with Gasteiger partial charge in [0.2, 0.25) is 0 Å². The molecular weight excluding hydrogens is 371 g/mol. The molecule has 3 aromatic carbocycles. The van der Waals surface area contributed by atoms with Crippen LogP contribution < -0.4 is 4.74 Å². The molecule has 0 unspecified atom stereocenters. The molecule has 0 aromatic heterocycles. The quantitative estimate of drug-likeness (QED) is 0.460. The van der Waals surface area contributed by atoms with Crippen LogP contribution in [0, 0.1) is 0 Å². The van der Waals surface area contributed by atoms with Crippen LogP contribution in [0.25, 0.3) is 10.8 Å². The zero-order valence-electron chi connectivity index (χ0n) is 18.6. The Morgan fingerprint density at radius 3 is 2.13 bits per heavy atom. The predicted octanol–water partition coefficient (Wildman–Crippen LogP) is 6.20. The molecule has 3 nitrogen and oxygen atoms in total. The van der Waals surface area contributed by atoms with Crippen LogP contribution in [0.2, 0.25) is 0 Å². The second-order valence-corrected chi connectivity index (χ2v) is 9.19. The highest BCUT2D eigenvalue weighted by Gasteiger charge is 2.53. The lowest BCUT2D eigenvalue weighted by Gasteiger charge is -2.32. The van der Waals surface area contributed by atoms with E-state index in [0.717, 1.165) is 18.6 Å². The normalized spacial score (nSPS) is 18.5. The van der Waals surface area contributed by atoms with Crippen molar-refractivity contribution in [1.82, 2.24) is 0 Å². The van der Waals surface area contributed by atoms with Gasteiger partial charge in [0, 0.05) is 5.82 Å². The first-order valence-electron chi connectivity index (χ1n) is 10.8. The molecule has 0 amide bonds. The molecule has 0 aliphatic carbocycles. The first-order valence-corrected chi connectivity index (χ1v) is 10.8. The van der Waals surface area contributed by atoms with Crippen molar-refractivity contribution in [2.45, 2.75) is 57.6 Å². The van der Waals surface area contributed by atoms with E-state index in [4.69, 9.17) is 14.0 Å². The van der Waals surface area contributed by atoms with E-state index in [0.29, 0.717) is 0 Å². The molecule has 1 heterocycles. The lowest BCUT2D eigenvalue weighted by atomic mass is 9.64. The van der Waals surface area contributed by atoms with Gasteiger partial charge in [0.05, 0.1) is 18.3 Å². The molecule has 4 rings (SSSR count). The van der Waals surface area contributed by atoms with Crippen LogP contribution in [0.5, 0.6) is 5.75 Å². The molecule has 1 atom stereocenters. The molecule has 156 valence electrons. The van der Waals surface area contributed by atoms with Gasteiger partial charge in [-0.05, 0) is 74.6 Å². The third-order valence-corrected chi connectivity index (χ3v) is 6.73. The number of methoxy groups -OCH3 is 1. The topological polar surface area (TPSA) is 27.7 Å². The molecular formula is C26H31BO3. The van der Waals surface area contributed by atoms with Crippen molar-refractivity contribution in [2.75, 3.05) is 7.11 Å². The number of fused-ring (bicyclic) bond motifs is 1. The Bertz CT molecular complexity index is 989. The molecule has 0 spiro atoms. The molecule has 0 saturated carbocycles. The van der Waals surface area contributed by atoms with Crippen LogP contribution in [0.3, 0.4) is 0 Å². The molecule has 30 heavy (non-hydrogen) atoms. The number of aryl methyl sites for hydroxylation is 1. The monoisotopic (exact) mass is 402 g/mol. The summed E-state index contributed by atoms with van der Waals surface area (Å²) in [6.45, 7) is 8.49. The van der Waals surface area contributed by atoms with Gasteiger partial charge in [0.15, 0.2) is 0 Å². The van der Waals surface area contributed by atoms with Crippen LogP contribution in [0.1, 0.15) is 51.1 Å². The Hall–Kier alpha value is -2.30. The summed E-state index contributed by atoms with van der Waals surface area (Å²) in [6, 6.07) is 23.4. The summed E-state index contributed by atoms with van der Waals surface area (Å²) in [5.41, 5.74) is 1.89. The highest BCUT2D eigenvalue weighted by atomic mass is 16.7. The number of rotatable bonds is 6.